The minimum absolute atomic E-state index is 0.0405. The van der Waals surface area contributed by atoms with Gasteiger partial charge in [-0.2, -0.15) is 18.3 Å². The molecule has 0 amide bonds. The number of anilines is 1. The smallest absolute Gasteiger partial charge is 0.433 e. The Kier molecular flexibility index (Phi) is 6.61. The summed E-state index contributed by atoms with van der Waals surface area (Å²) in [6.45, 7) is 5.27. The second kappa shape index (κ2) is 9.82. The van der Waals surface area contributed by atoms with Crippen LogP contribution in [0.2, 0.25) is 0 Å². The minimum Gasteiger partial charge on any atom is -0.464 e. The SMILES string of the molecule is COC(=O)c1nc(C(F)(F)F)ccc1N[C@H](C)c1cc(C)cc2c(=O)c(C)c(-c3ccc4nn(C)cc4c3)oc12. The number of hydrogen-bond donors (Lipinski definition) is 1. The van der Waals surface area contributed by atoms with Crippen molar-refractivity contribution in [3.8, 4) is 11.3 Å². The minimum atomic E-state index is -4.74. The maximum absolute atomic E-state index is 13.5. The highest BCUT2D eigenvalue weighted by molar-refractivity contribution is 5.94. The van der Waals surface area contributed by atoms with E-state index in [1.165, 1.54) is 0 Å². The molecule has 3 aromatic heterocycles. The first kappa shape index (κ1) is 26.9. The lowest BCUT2D eigenvalue weighted by molar-refractivity contribution is -0.141. The van der Waals surface area contributed by atoms with Gasteiger partial charge in [-0.05, 0) is 62.7 Å². The van der Waals surface area contributed by atoms with Crippen LogP contribution in [0.3, 0.4) is 0 Å². The largest absolute Gasteiger partial charge is 0.464 e. The zero-order valence-electron chi connectivity index (χ0n) is 22.3. The third kappa shape index (κ3) is 4.78. The van der Waals surface area contributed by atoms with Gasteiger partial charge in [0.2, 0.25) is 0 Å². The van der Waals surface area contributed by atoms with Crippen LogP contribution in [0.1, 0.15) is 45.8 Å². The van der Waals surface area contributed by atoms with Gasteiger partial charge < -0.3 is 14.5 Å². The number of halogens is 3. The number of rotatable bonds is 5. The number of esters is 1. The van der Waals surface area contributed by atoms with Crippen LogP contribution in [0.4, 0.5) is 18.9 Å². The van der Waals surface area contributed by atoms with Crippen LogP contribution in [0.25, 0.3) is 33.2 Å². The van der Waals surface area contributed by atoms with Gasteiger partial charge >= 0.3 is 12.1 Å². The van der Waals surface area contributed by atoms with Crippen molar-refractivity contribution < 1.29 is 27.1 Å². The maximum Gasteiger partial charge on any atom is 0.433 e. The number of pyridine rings is 1. The molecular weight excluding hydrogens is 525 g/mol. The molecule has 11 heteroatoms. The summed E-state index contributed by atoms with van der Waals surface area (Å²) >= 11 is 0. The molecule has 0 aliphatic heterocycles. The van der Waals surface area contributed by atoms with Gasteiger partial charge in [0.25, 0.3) is 0 Å². The van der Waals surface area contributed by atoms with Gasteiger partial charge in [0.1, 0.15) is 17.0 Å². The van der Waals surface area contributed by atoms with E-state index in [1.807, 2.05) is 44.4 Å². The number of methoxy groups -OCH3 is 1. The van der Waals surface area contributed by atoms with Crippen molar-refractivity contribution in [3.05, 3.63) is 87.0 Å². The molecule has 0 bridgehead atoms. The fourth-order valence-corrected chi connectivity index (χ4v) is 4.75. The Morgan fingerprint density at radius 1 is 1.12 bits per heavy atom. The van der Waals surface area contributed by atoms with Crippen molar-refractivity contribution in [2.75, 3.05) is 12.4 Å². The second-order valence-corrected chi connectivity index (χ2v) is 9.64. The summed E-state index contributed by atoms with van der Waals surface area (Å²) in [6, 6.07) is 10.4. The fourth-order valence-electron chi connectivity index (χ4n) is 4.75. The van der Waals surface area contributed by atoms with Gasteiger partial charge in [-0.15, -0.1) is 0 Å². The number of alkyl halides is 3. The highest BCUT2D eigenvalue weighted by Crippen LogP contribution is 2.35. The van der Waals surface area contributed by atoms with E-state index >= 15 is 0 Å². The summed E-state index contributed by atoms with van der Waals surface area (Å²) in [4.78, 5) is 29.3. The predicted molar refractivity (Wildman–Crippen MR) is 144 cm³/mol. The number of benzene rings is 2. The summed E-state index contributed by atoms with van der Waals surface area (Å²) in [5.74, 6) is -0.628. The van der Waals surface area contributed by atoms with Crippen molar-refractivity contribution in [3.63, 3.8) is 0 Å². The summed E-state index contributed by atoms with van der Waals surface area (Å²) in [6.07, 6.45) is -2.87. The highest BCUT2D eigenvalue weighted by Gasteiger charge is 2.34. The first-order chi connectivity index (χ1) is 18.9. The number of carbonyl (C=O) groups is 1. The van der Waals surface area contributed by atoms with Crippen LogP contribution in [-0.2, 0) is 18.0 Å². The molecule has 0 saturated carbocycles. The first-order valence-electron chi connectivity index (χ1n) is 12.3. The van der Waals surface area contributed by atoms with Crippen LogP contribution >= 0.6 is 0 Å². The normalized spacial score (nSPS) is 12.6. The summed E-state index contributed by atoms with van der Waals surface area (Å²) in [7, 11) is 2.88. The van der Waals surface area contributed by atoms with Crippen molar-refractivity contribution in [1.29, 1.82) is 0 Å². The molecule has 0 aliphatic carbocycles. The van der Waals surface area contributed by atoms with Gasteiger partial charge in [-0.3, -0.25) is 9.48 Å². The lowest BCUT2D eigenvalue weighted by atomic mass is 9.98. The summed E-state index contributed by atoms with van der Waals surface area (Å²) in [5, 5.41) is 8.69. The zero-order chi connectivity index (χ0) is 28.9. The number of fused-ring (bicyclic) bond motifs is 2. The molecule has 5 aromatic rings. The molecule has 2 aromatic carbocycles. The zero-order valence-corrected chi connectivity index (χ0v) is 22.3. The molecule has 5 rings (SSSR count). The Morgan fingerprint density at radius 2 is 1.88 bits per heavy atom. The standard InChI is InChI=1S/C29H25F3N4O4/c1-14-10-19(16(3)33-22-8-9-23(29(30,31)32)34-24(22)28(38)39-5)27-20(11-14)25(37)15(2)26(40-27)17-6-7-21-18(12-17)13-36(4)35-21/h6-13,16,33H,1-5H3/t16-/m1/s1. The Labute approximate surface area is 226 Å². The van der Waals surface area contributed by atoms with E-state index in [-0.39, 0.29) is 11.1 Å². The molecule has 206 valence electrons. The van der Waals surface area contributed by atoms with E-state index in [2.05, 4.69) is 20.1 Å². The Hall–Kier alpha value is -4.67. The molecule has 0 aliphatic rings. The van der Waals surface area contributed by atoms with Gasteiger partial charge in [0.05, 0.1) is 29.7 Å². The third-order valence-corrected chi connectivity index (χ3v) is 6.68. The lowest BCUT2D eigenvalue weighted by Crippen LogP contribution is -2.18. The molecule has 0 fully saturated rings. The third-order valence-electron chi connectivity index (χ3n) is 6.68. The molecule has 0 radical (unpaired) electrons. The van der Waals surface area contributed by atoms with E-state index in [0.717, 1.165) is 35.7 Å². The van der Waals surface area contributed by atoms with Crippen LogP contribution in [0.5, 0.6) is 0 Å². The summed E-state index contributed by atoms with van der Waals surface area (Å²) < 4.78 is 52.6. The van der Waals surface area contributed by atoms with E-state index in [4.69, 9.17) is 4.42 Å². The number of hydrogen-bond acceptors (Lipinski definition) is 7. The number of nitrogens with one attached hydrogen (secondary N) is 1. The fraction of sp³-hybridized carbons (Fsp3) is 0.241. The Morgan fingerprint density at radius 3 is 2.58 bits per heavy atom. The maximum atomic E-state index is 13.5. The number of aromatic nitrogens is 3. The molecule has 3 heterocycles. The van der Waals surface area contributed by atoms with Gasteiger partial charge in [0.15, 0.2) is 11.1 Å². The van der Waals surface area contributed by atoms with Gasteiger partial charge in [0, 0.05) is 35.3 Å². The molecule has 0 saturated heterocycles. The molecule has 0 spiro atoms. The monoisotopic (exact) mass is 550 g/mol. The number of ether oxygens (including phenoxy) is 1. The number of carbonyl (C=O) groups excluding carboxylic acids is 1. The van der Waals surface area contributed by atoms with Crippen molar-refractivity contribution in [2.24, 2.45) is 7.05 Å². The van der Waals surface area contributed by atoms with Crippen LogP contribution < -0.4 is 10.7 Å². The van der Waals surface area contributed by atoms with Crippen LogP contribution in [0, 0.1) is 13.8 Å². The quantitative estimate of drug-likeness (QED) is 0.255. The molecule has 1 atom stereocenters. The summed E-state index contributed by atoms with van der Waals surface area (Å²) in [5.41, 5.74) is 1.72. The van der Waals surface area contributed by atoms with Gasteiger partial charge in [-0.1, -0.05) is 6.07 Å². The Balaban J connectivity index is 1.64. The average Bonchev–Trinajstić information content (AvgIpc) is 3.28. The van der Waals surface area contributed by atoms with E-state index in [9.17, 15) is 22.8 Å². The lowest BCUT2D eigenvalue weighted by Gasteiger charge is -2.20. The van der Waals surface area contributed by atoms with E-state index < -0.39 is 29.6 Å². The molecule has 8 nitrogen and oxygen atoms in total. The molecule has 40 heavy (non-hydrogen) atoms. The average molecular weight is 551 g/mol. The first-order valence-corrected chi connectivity index (χ1v) is 12.3. The highest BCUT2D eigenvalue weighted by atomic mass is 19.4. The predicted octanol–water partition coefficient (Wildman–Crippen LogP) is 6.34. The van der Waals surface area contributed by atoms with Crippen LogP contribution in [-0.4, -0.2) is 27.8 Å². The van der Waals surface area contributed by atoms with Crippen molar-refractivity contribution in [2.45, 2.75) is 33.0 Å². The van der Waals surface area contributed by atoms with Gasteiger partial charge in [-0.25, -0.2) is 9.78 Å². The molecule has 0 unspecified atom stereocenters. The molecular formula is C29H25F3N4O4. The topological polar surface area (TPSA) is 99.2 Å². The Bertz CT molecular complexity index is 1860. The van der Waals surface area contributed by atoms with E-state index in [1.54, 1.807) is 24.6 Å². The second-order valence-electron chi connectivity index (χ2n) is 9.64. The van der Waals surface area contributed by atoms with Crippen molar-refractivity contribution >= 4 is 33.5 Å². The van der Waals surface area contributed by atoms with E-state index in [0.29, 0.717) is 33.4 Å². The number of aryl methyl sites for hydroxylation is 2. The van der Waals surface area contributed by atoms with Crippen LogP contribution in [0.15, 0.2) is 57.9 Å². The van der Waals surface area contributed by atoms with Crippen molar-refractivity contribution in [1.82, 2.24) is 14.8 Å². The molecule has 1 N–H and O–H groups in total. The number of nitrogens with zero attached hydrogens (tertiary/aromatic N) is 3.